The predicted molar refractivity (Wildman–Crippen MR) is 105 cm³/mol. The molecule has 0 radical (unpaired) electrons. The van der Waals surface area contributed by atoms with Crippen LogP contribution in [-0.4, -0.2) is 21.8 Å². The van der Waals surface area contributed by atoms with Crippen LogP contribution in [0.2, 0.25) is 5.02 Å². The number of carbonyl (C=O) groups excluding carboxylic acids is 1. The van der Waals surface area contributed by atoms with Gasteiger partial charge in [0.25, 0.3) is 5.91 Å². The van der Waals surface area contributed by atoms with Crippen LogP contribution >= 0.6 is 11.6 Å². The highest BCUT2D eigenvalue weighted by Crippen LogP contribution is 2.24. The third-order valence-corrected chi connectivity index (χ3v) is 5.40. The predicted octanol–water partition coefficient (Wildman–Crippen LogP) is 4.96. The summed E-state index contributed by atoms with van der Waals surface area (Å²) in [6.45, 7) is 0.755. The lowest BCUT2D eigenvalue weighted by molar-refractivity contribution is 0.0944. The number of nitrogens with one attached hydrogen (secondary N) is 1. The van der Waals surface area contributed by atoms with Crippen molar-refractivity contribution in [3.05, 3.63) is 59.4 Å². The summed E-state index contributed by atoms with van der Waals surface area (Å²) < 4.78 is 1.90. The van der Waals surface area contributed by atoms with Gasteiger partial charge in [-0.05, 0) is 43.0 Å². The van der Waals surface area contributed by atoms with Gasteiger partial charge in [-0.1, -0.05) is 43.0 Å². The normalized spacial score (nSPS) is 15.3. The van der Waals surface area contributed by atoms with E-state index < -0.39 is 0 Å². The molecule has 0 bridgehead atoms. The Morgan fingerprint density at radius 2 is 1.92 bits per heavy atom. The fourth-order valence-corrected chi connectivity index (χ4v) is 3.80. The maximum atomic E-state index is 12.7. The molecule has 1 N–H and O–H groups in total. The van der Waals surface area contributed by atoms with Crippen LogP contribution in [0.1, 0.15) is 42.5 Å². The van der Waals surface area contributed by atoms with Crippen molar-refractivity contribution < 1.29 is 4.79 Å². The Morgan fingerprint density at radius 1 is 1.15 bits per heavy atom. The van der Waals surface area contributed by atoms with Crippen LogP contribution in [0.25, 0.3) is 16.9 Å². The first-order valence-corrected chi connectivity index (χ1v) is 9.60. The number of amides is 1. The highest BCUT2D eigenvalue weighted by atomic mass is 35.5. The average Bonchev–Trinajstić information content (AvgIpc) is 3.11. The van der Waals surface area contributed by atoms with E-state index in [0.717, 1.165) is 17.8 Å². The van der Waals surface area contributed by atoms with E-state index in [1.54, 1.807) is 0 Å². The van der Waals surface area contributed by atoms with Gasteiger partial charge in [-0.15, -0.1) is 0 Å². The molecule has 0 aliphatic heterocycles. The van der Waals surface area contributed by atoms with Crippen molar-refractivity contribution in [1.82, 2.24) is 14.7 Å². The standard InChI is InChI=1S/C21H22ClN3O/c22-17-10-8-16(9-11-17)19-14-25-12-4-7-18(20(25)24-19)21(26)23-13-15-5-2-1-3-6-15/h4,7-12,14-15H,1-3,5-6,13H2,(H,23,26). The van der Waals surface area contributed by atoms with E-state index >= 15 is 0 Å². The second-order valence-corrected chi connectivity index (χ2v) is 7.44. The van der Waals surface area contributed by atoms with Crippen LogP contribution in [0, 0.1) is 5.92 Å². The van der Waals surface area contributed by atoms with Crippen molar-refractivity contribution in [1.29, 1.82) is 0 Å². The summed E-state index contributed by atoms with van der Waals surface area (Å²) >= 11 is 5.96. The van der Waals surface area contributed by atoms with Crippen molar-refractivity contribution in [3.63, 3.8) is 0 Å². The third kappa shape index (κ3) is 3.61. The van der Waals surface area contributed by atoms with Gasteiger partial charge in [-0.3, -0.25) is 4.79 Å². The lowest BCUT2D eigenvalue weighted by Gasteiger charge is -2.21. The zero-order chi connectivity index (χ0) is 17.9. The lowest BCUT2D eigenvalue weighted by atomic mass is 9.89. The van der Waals surface area contributed by atoms with Crippen molar-refractivity contribution in [2.45, 2.75) is 32.1 Å². The van der Waals surface area contributed by atoms with Crippen molar-refractivity contribution in [2.75, 3.05) is 6.54 Å². The molecule has 0 spiro atoms. The summed E-state index contributed by atoms with van der Waals surface area (Å²) in [6.07, 6.45) is 10.2. The molecule has 1 saturated carbocycles. The Morgan fingerprint density at radius 3 is 2.69 bits per heavy atom. The average molecular weight is 368 g/mol. The van der Waals surface area contributed by atoms with E-state index in [1.165, 1.54) is 32.1 Å². The summed E-state index contributed by atoms with van der Waals surface area (Å²) in [5, 5.41) is 3.80. The molecular formula is C21H22ClN3O. The number of imidazole rings is 1. The van der Waals surface area contributed by atoms with E-state index in [9.17, 15) is 4.79 Å². The van der Waals surface area contributed by atoms with Crippen molar-refractivity contribution in [3.8, 4) is 11.3 Å². The van der Waals surface area contributed by atoms with Gasteiger partial charge in [0, 0.05) is 29.5 Å². The van der Waals surface area contributed by atoms with E-state index in [1.807, 2.05) is 53.2 Å². The molecule has 1 aromatic carbocycles. The molecule has 1 aliphatic carbocycles. The minimum absolute atomic E-state index is 0.0468. The molecule has 2 aromatic heterocycles. The Kier molecular flexibility index (Phi) is 4.93. The second kappa shape index (κ2) is 7.50. The number of pyridine rings is 1. The van der Waals surface area contributed by atoms with Gasteiger partial charge in [0.15, 0.2) is 0 Å². The van der Waals surface area contributed by atoms with Gasteiger partial charge in [0.1, 0.15) is 5.65 Å². The van der Waals surface area contributed by atoms with Crippen LogP contribution in [0.15, 0.2) is 48.8 Å². The summed E-state index contributed by atoms with van der Waals surface area (Å²) in [5.74, 6) is 0.561. The first kappa shape index (κ1) is 17.1. The molecule has 1 aliphatic rings. The van der Waals surface area contributed by atoms with Gasteiger partial charge >= 0.3 is 0 Å². The summed E-state index contributed by atoms with van der Waals surface area (Å²) in [6, 6.07) is 11.3. The molecule has 5 heteroatoms. The smallest absolute Gasteiger partial charge is 0.255 e. The lowest BCUT2D eigenvalue weighted by Crippen LogP contribution is -2.30. The molecule has 0 saturated heterocycles. The number of hydrogen-bond donors (Lipinski definition) is 1. The zero-order valence-corrected chi connectivity index (χ0v) is 15.4. The number of benzene rings is 1. The molecule has 134 valence electrons. The van der Waals surface area contributed by atoms with E-state index in [2.05, 4.69) is 10.3 Å². The highest BCUT2D eigenvalue weighted by Gasteiger charge is 2.17. The number of nitrogens with zero attached hydrogens (tertiary/aromatic N) is 2. The maximum Gasteiger partial charge on any atom is 0.255 e. The second-order valence-electron chi connectivity index (χ2n) is 7.00. The molecule has 4 rings (SSSR count). The Labute approximate surface area is 158 Å². The van der Waals surface area contributed by atoms with Gasteiger partial charge in [0.2, 0.25) is 0 Å². The monoisotopic (exact) mass is 367 g/mol. The number of fused-ring (bicyclic) bond motifs is 1. The largest absolute Gasteiger partial charge is 0.352 e. The Hall–Kier alpha value is -2.33. The van der Waals surface area contributed by atoms with Crippen LogP contribution in [0.3, 0.4) is 0 Å². The number of hydrogen-bond acceptors (Lipinski definition) is 2. The third-order valence-electron chi connectivity index (χ3n) is 5.14. The molecule has 0 unspecified atom stereocenters. The highest BCUT2D eigenvalue weighted by molar-refractivity contribution is 6.30. The summed E-state index contributed by atoms with van der Waals surface area (Å²) in [5.41, 5.74) is 3.10. The van der Waals surface area contributed by atoms with Gasteiger partial charge in [0.05, 0.1) is 11.3 Å². The Balaban J connectivity index is 1.56. The van der Waals surface area contributed by atoms with Gasteiger partial charge < -0.3 is 9.72 Å². The fourth-order valence-electron chi connectivity index (χ4n) is 3.67. The molecule has 1 amide bonds. The number of rotatable bonds is 4. The molecule has 4 nitrogen and oxygen atoms in total. The molecule has 0 atom stereocenters. The SMILES string of the molecule is O=C(NCC1CCCCC1)c1cccn2cc(-c3ccc(Cl)cc3)nc12. The van der Waals surface area contributed by atoms with Crippen LogP contribution in [0.5, 0.6) is 0 Å². The van der Waals surface area contributed by atoms with Crippen LogP contribution in [-0.2, 0) is 0 Å². The molecule has 26 heavy (non-hydrogen) atoms. The summed E-state index contributed by atoms with van der Waals surface area (Å²) in [7, 11) is 0. The molecular weight excluding hydrogens is 346 g/mol. The Bertz CT molecular complexity index is 911. The molecule has 3 aromatic rings. The molecule has 1 fully saturated rings. The summed E-state index contributed by atoms with van der Waals surface area (Å²) in [4.78, 5) is 17.4. The number of aromatic nitrogens is 2. The van der Waals surface area contributed by atoms with Gasteiger partial charge in [-0.2, -0.15) is 0 Å². The first-order valence-electron chi connectivity index (χ1n) is 9.22. The quantitative estimate of drug-likeness (QED) is 0.708. The van der Waals surface area contributed by atoms with Crippen molar-refractivity contribution in [2.24, 2.45) is 5.92 Å². The van der Waals surface area contributed by atoms with E-state index in [-0.39, 0.29) is 5.91 Å². The van der Waals surface area contributed by atoms with Crippen LogP contribution in [0.4, 0.5) is 0 Å². The van der Waals surface area contributed by atoms with Crippen LogP contribution < -0.4 is 5.32 Å². The number of carbonyl (C=O) groups is 1. The fraction of sp³-hybridized carbons (Fsp3) is 0.333. The van der Waals surface area contributed by atoms with E-state index in [0.29, 0.717) is 22.2 Å². The minimum Gasteiger partial charge on any atom is -0.352 e. The number of halogens is 1. The van der Waals surface area contributed by atoms with Gasteiger partial charge in [-0.25, -0.2) is 4.98 Å². The first-order chi connectivity index (χ1) is 12.7. The molecule has 2 heterocycles. The van der Waals surface area contributed by atoms with E-state index in [4.69, 9.17) is 11.6 Å². The minimum atomic E-state index is -0.0468. The van der Waals surface area contributed by atoms with Crippen molar-refractivity contribution >= 4 is 23.2 Å². The maximum absolute atomic E-state index is 12.7. The topological polar surface area (TPSA) is 46.4 Å². The zero-order valence-electron chi connectivity index (χ0n) is 14.6.